The maximum atomic E-state index is 14.8. The first-order valence-corrected chi connectivity index (χ1v) is 11.3. The summed E-state index contributed by atoms with van der Waals surface area (Å²) in [5.41, 5.74) is -1.86. The van der Waals surface area contributed by atoms with E-state index in [1.54, 1.807) is 6.92 Å². The van der Waals surface area contributed by atoms with Crippen LogP contribution in [0.4, 0.5) is 30.7 Å². The Bertz CT molecular complexity index is 1200. The summed E-state index contributed by atoms with van der Waals surface area (Å²) in [6, 6.07) is 6.20. The molecule has 8 heteroatoms. The number of alkyl halides is 2. The molecule has 1 saturated carbocycles. The molecule has 1 fully saturated rings. The average Bonchev–Trinajstić information content (AvgIpc) is 2.73. The summed E-state index contributed by atoms with van der Waals surface area (Å²) in [6.07, 6.45) is -1.88. The summed E-state index contributed by atoms with van der Waals surface area (Å²) in [5, 5.41) is 0. The highest BCUT2D eigenvalue weighted by Crippen LogP contribution is 2.41. The molecule has 0 unspecified atom stereocenters. The Hall–Kier alpha value is -3.03. The topological polar surface area (TPSA) is 9.23 Å². The molecule has 0 aliphatic heterocycles. The molecule has 1 aliphatic carbocycles. The second-order valence-electron chi connectivity index (χ2n) is 9.17. The molecular weight excluding hydrogens is 473 g/mol. The van der Waals surface area contributed by atoms with Crippen LogP contribution in [0.2, 0.25) is 0 Å². The van der Waals surface area contributed by atoms with Crippen LogP contribution in [0.1, 0.15) is 55.2 Å². The average molecular weight is 496 g/mol. The molecule has 0 heterocycles. The van der Waals surface area contributed by atoms with Crippen molar-refractivity contribution in [2.75, 3.05) is 0 Å². The first-order chi connectivity index (χ1) is 16.5. The minimum absolute atomic E-state index is 0.180. The van der Waals surface area contributed by atoms with E-state index in [4.69, 9.17) is 0 Å². The van der Waals surface area contributed by atoms with Crippen LogP contribution >= 0.6 is 0 Å². The number of hydrogen-bond acceptors (Lipinski definition) is 1. The van der Waals surface area contributed by atoms with Crippen LogP contribution in [-0.4, -0.2) is 0 Å². The molecule has 0 N–H and O–H groups in total. The Balaban J connectivity index is 1.62. The van der Waals surface area contributed by atoms with Crippen molar-refractivity contribution >= 4 is 0 Å². The SMILES string of the molecule is Cc1ccc(-c2cc(F)c(C(F)(F)Oc3cc(F)c(C4CCC(C)CC4)c(F)c3)c(F)c2)c(F)c1. The fourth-order valence-electron chi connectivity index (χ4n) is 4.62. The van der Waals surface area contributed by atoms with E-state index in [1.165, 1.54) is 12.1 Å². The lowest BCUT2D eigenvalue weighted by molar-refractivity contribution is -0.189. The molecule has 0 atom stereocenters. The Morgan fingerprint density at radius 1 is 0.743 bits per heavy atom. The van der Waals surface area contributed by atoms with Gasteiger partial charge in [0.25, 0.3) is 0 Å². The standard InChI is InChI=1S/C27H23F7O/c1-14-3-6-16(7-4-14)25-21(29)12-18(13-22(25)30)35-27(33,34)26-23(31)10-17(11-24(26)32)19-8-5-15(2)9-20(19)28/h5,8-14,16H,3-4,6-7H2,1-2H3. The second kappa shape index (κ2) is 9.55. The Morgan fingerprint density at radius 2 is 1.31 bits per heavy atom. The minimum Gasteiger partial charge on any atom is -0.429 e. The summed E-state index contributed by atoms with van der Waals surface area (Å²) in [5.74, 6) is -7.13. The number of benzene rings is 3. The zero-order chi connectivity index (χ0) is 25.5. The van der Waals surface area contributed by atoms with Crippen LogP contribution < -0.4 is 4.74 Å². The number of hydrogen-bond donors (Lipinski definition) is 0. The summed E-state index contributed by atoms with van der Waals surface area (Å²) in [7, 11) is 0. The predicted molar refractivity (Wildman–Crippen MR) is 118 cm³/mol. The van der Waals surface area contributed by atoms with Crippen molar-refractivity contribution in [2.45, 2.75) is 51.6 Å². The monoisotopic (exact) mass is 496 g/mol. The van der Waals surface area contributed by atoms with E-state index in [0.717, 1.165) is 18.9 Å². The number of halogens is 7. The van der Waals surface area contributed by atoms with E-state index < -0.39 is 46.5 Å². The largest absolute Gasteiger partial charge is 0.432 e. The van der Waals surface area contributed by atoms with Gasteiger partial charge in [0.1, 0.15) is 40.4 Å². The van der Waals surface area contributed by atoms with E-state index in [0.29, 0.717) is 48.6 Å². The minimum atomic E-state index is -4.60. The molecule has 3 aromatic rings. The van der Waals surface area contributed by atoms with Gasteiger partial charge in [-0.25, -0.2) is 22.0 Å². The first-order valence-electron chi connectivity index (χ1n) is 11.3. The molecule has 1 nitrogen and oxygen atoms in total. The Labute approximate surface area is 198 Å². The molecule has 0 bridgehead atoms. The van der Waals surface area contributed by atoms with Crippen LogP contribution in [0.25, 0.3) is 11.1 Å². The molecule has 0 amide bonds. The van der Waals surface area contributed by atoms with Crippen molar-refractivity contribution in [3.63, 3.8) is 0 Å². The fourth-order valence-corrected chi connectivity index (χ4v) is 4.62. The van der Waals surface area contributed by atoms with Gasteiger partial charge in [-0.3, -0.25) is 0 Å². The number of ether oxygens (including phenoxy) is 1. The van der Waals surface area contributed by atoms with Crippen LogP contribution in [0.5, 0.6) is 5.75 Å². The highest BCUT2D eigenvalue weighted by atomic mass is 19.3. The molecule has 186 valence electrons. The first kappa shape index (κ1) is 25.1. The third-order valence-corrected chi connectivity index (χ3v) is 6.49. The third kappa shape index (κ3) is 5.16. The molecule has 35 heavy (non-hydrogen) atoms. The van der Waals surface area contributed by atoms with Gasteiger partial charge in [-0.2, -0.15) is 8.78 Å². The second-order valence-corrected chi connectivity index (χ2v) is 9.17. The van der Waals surface area contributed by atoms with Crippen molar-refractivity contribution in [3.8, 4) is 16.9 Å². The molecule has 0 saturated heterocycles. The Morgan fingerprint density at radius 3 is 1.86 bits per heavy atom. The van der Waals surface area contributed by atoms with Gasteiger partial charge in [-0.1, -0.05) is 31.9 Å². The maximum Gasteiger partial charge on any atom is 0.432 e. The van der Waals surface area contributed by atoms with Crippen molar-refractivity contribution in [1.29, 1.82) is 0 Å². The van der Waals surface area contributed by atoms with Gasteiger partial charge in [-0.05, 0) is 60.9 Å². The summed E-state index contributed by atoms with van der Waals surface area (Å²) in [6.45, 7) is 3.66. The van der Waals surface area contributed by atoms with Crippen molar-refractivity contribution in [2.24, 2.45) is 5.92 Å². The quantitative estimate of drug-likeness (QED) is 0.321. The molecule has 3 aromatic carbocycles. The van der Waals surface area contributed by atoms with Gasteiger partial charge in [0.2, 0.25) is 0 Å². The van der Waals surface area contributed by atoms with Gasteiger partial charge >= 0.3 is 6.11 Å². The molecule has 1 aliphatic rings. The zero-order valence-corrected chi connectivity index (χ0v) is 19.1. The van der Waals surface area contributed by atoms with Gasteiger partial charge in [0, 0.05) is 23.3 Å². The van der Waals surface area contributed by atoms with Crippen molar-refractivity contribution < 1.29 is 35.5 Å². The smallest absolute Gasteiger partial charge is 0.429 e. The fraction of sp³-hybridized carbons (Fsp3) is 0.333. The summed E-state index contributed by atoms with van der Waals surface area (Å²) >= 11 is 0. The lowest BCUT2D eigenvalue weighted by atomic mass is 9.79. The number of rotatable bonds is 5. The number of aryl methyl sites for hydroxylation is 1. The van der Waals surface area contributed by atoms with Gasteiger partial charge in [0.05, 0.1) is 0 Å². The van der Waals surface area contributed by atoms with Crippen LogP contribution in [-0.2, 0) is 6.11 Å². The van der Waals surface area contributed by atoms with Crippen LogP contribution in [0.3, 0.4) is 0 Å². The highest BCUT2D eigenvalue weighted by Gasteiger charge is 2.42. The van der Waals surface area contributed by atoms with E-state index in [2.05, 4.69) is 4.74 Å². The predicted octanol–water partition coefficient (Wildman–Crippen LogP) is 8.78. The van der Waals surface area contributed by atoms with E-state index in [-0.39, 0.29) is 22.6 Å². The summed E-state index contributed by atoms with van der Waals surface area (Å²) < 4.78 is 107. The zero-order valence-electron chi connectivity index (χ0n) is 19.1. The normalized spacial score (nSPS) is 18.5. The summed E-state index contributed by atoms with van der Waals surface area (Å²) in [4.78, 5) is 0. The van der Waals surface area contributed by atoms with Gasteiger partial charge in [-0.15, -0.1) is 0 Å². The van der Waals surface area contributed by atoms with Crippen LogP contribution in [0.15, 0.2) is 42.5 Å². The van der Waals surface area contributed by atoms with Crippen molar-refractivity contribution in [3.05, 3.63) is 88.2 Å². The highest BCUT2D eigenvalue weighted by molar-refractivity contribution is 5.65. The van der Waals surface area contributed by atoms with Gasteiger partial charge < -0.3 is 4.74 Å². The molecule has 0 spiro atoms. The lowest BCUT2D eigenvalue weighted by Crippen LogP contribution is -2.25. The Kier molecular flexibility index (Phi) is 6.84. The van der Waals surface area contributed by atoms with Gasteiger partial charge in [0.15, 0.2) is 0 Å². The van der Waals surface area contributed by atoms with E-state index in [9.17, 15) is 30.7 Å². The molecule has 4 rings (SSSR count). The molecule has 0 aromatic heterocycles. The van der Waals surface area contributed by atoms with E-state index in [1.807, 2.05) is 6.92 Å². The maximum absolute atomic E-state index is 14.8. The lowest BCUT2D eigenvalue weighted by Gasteiger charge is -2.27. The van der Waals surface area contributed by atoms with Crippen LogP contribution in [0, 0.1) is 41.9 Å². The molecular formula is C27H23F7O. The van der Waals surface area contributed by atoms with Crippen molar-refractivity contribution in [1.82, 2.24) is 0 Å². The third-order valence-electron chi connectivity index (χ3n) is 6.49. The molecule has 0 radical (unpaired) electrons. The van der Waals surface area contributed by atoms with E-state index >= 15 is 0 Å².